The highest BCUT2D eigenvalue weighted by molar-refractivity contribution is 6.06. The average molecular weight is 551 g/mol. The van der Waals surface area contributed by atoms with Gasteiger partial charge < -0.3 is 30.7 Å². The van der Waals surface area contributed by atoms with Crippen molar-refractivity contribution in [2.24, 2.45) is 7.05 Å². The molecule has 5 N–H and O–H groups in total. The van der Waals surface area contributed by atoms with Crippen LogP contribution in [0.1, 0.15) is 40.3 Å². The molecule has 0 fully saturated rings. The highest BCUT2D eigenvalue weighted by Gasteiger charge is 2.19. The third-order valence-electron chi connectivity index (χ3n) is 6.50. The first-order chi connectivity index (χ1) is 19.7. The fourth-order valence-corrected chi connectivity index (χ4v) is 4.44. The van der Waals surface area contributed by atoms with Crippen molar-refractivity contribution >= 4 is 34.1 Å². The van der Waals surface area contributed by atoms with E-state index < -0.39 is 0 Å². The Morgan fingerprint density at radius 1 is 1.02 bits per heavy atom. The summed E-state index contributed by atoms with van der Waals surface area (Å²) in [5, 5.41) is 6.25. The van der Waals surface area contributed by atoms with Crippen molar-refractivity contribution in [1.29, 1.82) is 0 Å². The van der Waals surface area contributed by atoms with Crippen molar-refractivity contribution in [2.75, 3.05) is 11.1 Å². The quantitative estimate of drug-likeness (QED) is 0.210. The molecule has 5 rings (SSSR count). The first-order valence-corrected chi connectivity index (χ1v) is 13.1. The molecule has 3 heterocycles. The molecule has 2 aromatic carbocycles. The Hall–Kier alpha value is -5.38. The topological polar surface area (TPSA) is 144 Å². The Bertz CT molecular complexity index is 1800. The van der Waals surface area contributed by atoms with Gasteiger partial charge in [-0.05, 0) is 61.9 Å². The molecule has 5 aromatic rings. The zero-order chi connectivity index (χ0) is 29.1. The molecule has 0 atom stereocenters. The maximum Gasteiger partial charge on any atom is 0.274 e. The summed E-state index contributed by atoms with van der Waals surface area (Å²) >= 11 is 0. The lowest BCUT2D eigenvalue weighted by Crippen LogP contribution is -2.23. The predicted octanol–water partition coefficient (Wildman–Crippen LogP) is 4.48. The first kappa shape index (κ1) is 27.2. The summed E-state index contributed by atoms with van der Waals surface area (Å²) in [5.74, 6) is -0.219. The van der Waals surface area contributed by atoms with E-state index in [1.807, 2.05) is 19.9 Å². The van der Waals surface area contributed by atoms with Crippen LogP contribution in [0.3, 0.4) is 0 Å². The van der Waals surface area contributed by atoms with Crippen LogP contribution < -0.4 is 26.7 Å². The largest absolute Gasteiger partial charge is 0.475 e. The summed E-state index contributed by atoms with van der Waals surface area (Å²) in [7, 11) is 1.66. The van der Waals surface area contributed by atoms with Crippen LogP contribution >= 0.6 is 0 Å². The van der Waals surface area contributed by atoms with Crippen LogP contribution in [0.5, 0.6) is 5.88 Å². The SMILES string of the molecule is CC(C)Oc1ncccc1-c1cn(C)c(=O)c2[nH]c(C(=O)NCc3ccc(C(=O)Nc4ccccc4N)cc3)cc12. The number of nitrogens with one attached hydrogen (secondary N) is 3. The maximum absolute atomic E-state index is 13.1. The van der Waals surface area contributed by atoms with E-state index in [0.29, 0.717) is 44.8 Å². The summed E-state index contributed by atoms with van der Waals surface area (Å²) in [4.78, 5) is 46.0. The highest BCUT2D eigenvalue weighted by atomic mass is 16.5. The third-order valence-corrected chi connectivity index (χ3v) is 6.50. The number of rotatable bonds is 8. The zero-order valence-corrected chi connectivity index (χ0v) is 22.9. The minimum atomic E-state index is -0.375. The van der Waals surface area contributed by atoms with Gasteiger partial charge in [-0.2, -0.15) is 0 Å². The van der Waals surface area contributed by atoms with E-state index in [4.69, 9.17) is 10.5 Å². The van der Waals surface area contributed by atoms with Gasteiger partial charge in [0.25, 0.3) is 17.4 Å². The number of aromatic nitrogens is 3. The van der Waals surface area contributed by atoms with Gasteiger partial charge in [-0.3, -0.25) is 14.4 Å². The molecule has 0 aliphatic rings. The number of aromatic amines is 1. The van der Waals surface area contributed by atoms with E-state index >= 15 is 0 Å². The van der Waals surface area contributed by atoms with Crippen molar-refractivity contribution in [3.63, 3.8) is 0 Å². The molecule has 0 unspecified atom stereocenters. The lowest BCUT2D eigenvalue weighted by Gasteiger charge is -2.14. The smallest absolute Gasteiger partial charge is 0.274 e. The number of H-pyrrole nitrogens is 1. The van der Waals surface area contributed by atoms with Crippen LogP contribution in [-0.2, 0) is 13.6 Å². The monoisotopic (exact) mass is 550 g/mol. The fraction of sp³-hybridized carbons (Fsp3) is 0.161. The molecule has 2 amide bonds. The molecule has 0 saturated heterocycles. The molecule has 0 aliphatic carbocycles. The Kier molecular flexibility index (Phi) is 7.55. The third kappa shape index (κ3) is 5.81. The molecule has 0 spiro atoms. The van der Waals surface area contributed by atoms with Gasteiger partial charge in [-0.25, -0.2) is 4.98 Å². The number of pyridine rings is 2. The number of benzene rings is 2. The zero-order valence-electron chi connectivity index (χ0n) is 22.9. The van der Waals surface area contributed by atoms with Crippen molar-refractivity contribution in [2.45, 2.75) is 26.5 Å². The number of carbonyl (C=O) groups is 2. The number of amides is 2. The molecule has 3 aromatic heterocycles. The first-order valence-electron chi connectivity index (χ1n) is 13.1. The molecule has 10 nitrogen and oxygen atoms in total. The lowest BCUT2D eigenvalue weighted by atomic mass is 10.0. The van der Waals surface area contributed by atoms with Gasteiger partial charge in [0.15, 0.2) is 0 Å². The van der Waals surface area contributed by atoms with Gasteiger partial charge in [0.1, 0.15) is 11.2 Å². The molecule has 208 valence electrons. The number of carbonyl (C=O) groups excluding carboxylic acids is 2. The average Bonchev–Trinajstić information content (AvgIpc) is 3.41. The Labute approximate surface area is 236 Å². The summed E-state index contributed by atoms with van der Waals surface area (Å²) < 4.78 is 7.36. The van der Waals surface area contributed by atoms with Crippen LogP contribution in [0.2, 0.25) is 0 Å². The molecular formula is C31H30N6O4. The lowest BCUT2D eigenvalue weighted by molar-refractivity contribution is 0.0945. The second kappa shape index (κ2) is 11.4. The predicted molar refractivity (Wildman–Crippen MR) is 159 cm³/mol. The number of ether oxygens (including phenoxy) is 1. The minimum absolute atomic E-state index is 0.0923. The number of hydrogen-bond acceptors (Lipinski definition) is 6. The van der Waals surface area contributed by atoms with E-state index in [1.54, 1.807) is 80.1 Å². The normalized spacial score (nSPS) is 11.0. The summed E-state index contributed by atoms with van der Waals surface area (Å²) in [6, 6.07) is 19.3. The highest BCUT2D eigenvalue weighted by Crippen LogP contribution is 2.33. The van der Waals surface area contributed by atoms with Crippen molar-refractivity contribution in [3.05, 3.63) is 106 Å². The number of nitrogens with two attached hydrogens (primary N) is 1. The van der Waals surface area contributed by atoms with Crippen molar-refractivity contribution in [3.8, 4) is 17.0 Å². The molecular weight excluding hydrogens is 520 g/mol. The molecule has 0 radical (unpaired) electrons. The number of para-hydroxylation sites is 2. The Morgan fingerprint density at radius 2 is 1.78 bits per heavy atom. The van der Waals surface area contributed by atoms with Gasteiger partial charge in [0.05, 0.1) is 17.5 Å². The Morgan fingerprint density at radius 3 is 2.51 bits per heavy atom. The van der Waals surface area contributed by atoms with Gasteiger partial charge in [0.2, 0.25) is 5.88 Å². The van der Waals surface area contributed by atoms with E-state index in [2.05, 4.69) is 20.6 Å². The van der Waals surface area contributed by atoms with Crippen LogP contribution in [0.15, 0.2) is 83.9 Å². The van der Waals surface area contributed by atoms with Crippen molar-refractivity contribution < 1.29 is 14.3 Å². The molecule has 0 aliphatic heterocycles. The van der Waals surface area contributed by atoms with Gasteiger partial charge in [0, 0.05) is 48.1 Å². The van der Waals surface area contributed by atoms with E-state index in [0.717, 1.165) is 5.56 Å². The van der Waals surface area contributed by atoms with E-state index in [9.17, 15) is 14.4 Å². The van der Waals surface area contributed by atoms with Gasteiger partial charge in [-0.1, -0.05) is 24.3 Å². The van der Waals surface area contributed by atoms with Crippen LogP contribution in [-0.4, -0.2) is 32.5 Å². The molecule has 41 heavy (non-hydrogen) atoms. The Balaban J connectivity index is 1.34. The molecule has 0 saturated carbocycles. The standard InChI is InChI=1S/C31H30N6O4/c1-18(2)41-30-21(7-6-14-33-30)23-17-37(3)31(40)27-22(23)15-26(35-27)29(39)34-16-19-10-12-20(13-11-19)28(38)36-25-9-5-4-8-24(25)32/h4-15,17-18,35H,16,32H2,1-3H3,(H,34,39)(H,36,38). The number of hydrogen-bond donors (Lipinski definition) is 4. The van der Waals surface area contributed by atoms with Crippen LogP contribution in [0.25, 0.3) is 22.0 Å². The molecule has 0 bridgehead atoms. The number of anilines is 2. The van der Waals surface area contributed by atoms with E-state index in [-0.39, 0.29) is 35.7 Å². The van der Waals surface area contributed by atoms with Gasteiger partial charge in [-0.15, -0.1) is 0 Å². The number of nitrogens with zero attached hydrogens (tertiary/aromatic N) is 2. The minimum Gasteiger partial charge on any atom is -0.475 e. The van der Waals surface area contributed by atoms with Crippen molar-refractivity contribution in [1.82, 2.24) is 19.9 Å². The summed E-state index contributed by atoms with van der Waals surface area (Å²) in [6.07, 6.45) is 3.27. The number of fused-ring (bicyclic) bond motifs is 1. The number of nitrogen functional groups attached to an aromatic ring is 1. The second-order valence-corrected chi connectivity index (χ2v) is 9.87. The summed E-state index contributed by atoms with van der Waals surface area (Å²) in [6.45, 7) is 4.05. The van der Waals surface area contributed by atoms with Crippen LogP contribution in [0.4, 0.5) is 11.4 Å². The molecule has 10 heteroatoms. The maximum atomic E-state index is 13.1. The van der Waals surface area contributed by atoms with Gasteiger partial charge >= 0.3 is 0 Å². The number of aryl methyl sites for hydroxylation is 1. The van der Waals surface area contributed by atoms with E-state index in [1.165, 1.54) is 4.57 Å². The second-order valence-electron chi connectivity index (χ2n) is 9.87. The van der Waals surface area contributed by atoms with Crippen LogP contribution in [0, 0.1) is 0 Å². The fourth-order valence-electron chi connectivity index (χ4n) is 4.44. The summed E-state index contributed by atoms with van der Waals surface area (Å²) in [5.41, 5.74) is 9.90.